The molecule has 1 saturated heterocycles. The van der Waals surface area contributed by atoms with Crippen LogP contribution in [-0.4, -0.2) is 36.9 Å². The van der Waals surface area contributed by atoms with E-state index in [0.29, 0.717) is 0 Å². The molecule has 1 aliphatic rings. The zero-order chi connectivity index (χ0) is 10.9. The molecule has 0 amide bonds. The largest absolute Gasteiger partial charge is 0.490 e. The van der Waals surface area contributed by atoms with E-state index in [-0.39, 0.29) is 6.61 Å². The zero-order valence-corrected chi connectivity index (χ0v) is 6.71. The highest BCUT2D eigenvalue weighted by Crippen LogP contribution is 2.20. The SMILES string of the molecule is NC1COC(=O)C1OC(=O)C(F)(F)F. The lowest BCUT2D eigenvalue weighted by atomic mass is 10.2. The van der Waals surface area contributed by atoms with E-state index in [9.17, 15) is 22.8 Å². The molecule has 14 heavy (non-hydrogen) atoms. The predicted octanol–water partition coefficient (Wildman–Crippen LogP) is -0.655. The van der Waals surface area contributed by atoms with Crippen LogP contribution in [0.1, 0.15) is 0 Å². The number of nitrogens with two attached hydrogens (primary N) is 1. The fourth-order valence-corrected chi connectivity index (χ4v) is 0.840. The molecule has 1 aliphatic heterocycles. The van der Waals surface area contributed by atoms with Crippen molar-refractivity contribution in [2.24, 2.45) is 5.73 Å². The van der Waals surface area contributed by atoms with Gasteiger partial charge >= 0.3 is 18.1 Å². The van der Waals surface area contributed by atoms with Crippen molar-refractivity contribution < 1.29 is 32.2 Å². The van der Waals surface area contributed by atoms with Crippen molar-refractivity contribution in [3.63, 3.8) is 0 Å². The van der Waals surface area contributed by atoms with Gasteiger partial charge in [0.2, 0.25) is 6.10 Å². The molecule has 0 aliphatic carbocycles. The maximum Gasteiger partial charge on any atom is 0.490 e. The van der Waals surface area contributed by atoms with Crippen LogP contribution in [0.25, 0.3) is 0 Å². The first-order valence-electron chi connectivity index (χ1n) is 3.52. The third-order valence-corrected chi connectivity index (χ3v) is 1.50. The highest BCUT2D eigenvalue weighted by Gasteiger charge is 2.46. The number of carbonyl (C=O) groups excluding carboxylic acids is 2. The predicted molar refractivity (Wildman–Crippen MR) is 34.9 cm³/mol. The molecule has 0 aromatic heterocycles. The van der Waals surface area contributed by atoms with Crippen LogP contribution in [0, 0.1) is 0 Å². The second-order valence-corrected chi connectivity index (χ2v) is 2.62. The summed E-state index contributed by atoms with van der Waals surface area (Å²) in [5, 5.41) is 0. The summed E-state index contributed by atoms with van der Waals surface area (Å²) in [5.74, 6) is -3.51. The fraction of sp³-hybridized carbons (Fsp3) is 0.667. The van der Waals surface area contributed by atoms with E-state index in [1.807, 2.05) is 0 Å². The number of alkyl halides is 3. The van der Waals surface area contributed by atoms with Gasteiger partial charge in [-0.1, -0.05) is 0 Å². The van der Waals surface area contributed by atoms with Crippen LogP contribution >= 0.6 is 0 Å². The summed E-state index contributed by atoms with van der Waals surface area (Å²) in [6.07, 6.45) is -6.80. The number of esters is 2. The van der Waals surface area contributed by atoms with Crippen LogP contribution < -0.4 is 5.73 Å². The number of hydrogen-bond acceptors (Lipinski definition) is 5. The minimum atomic E-state index is -5.14. The Kier molecular flexibility index (Phi) is 2.65. The van der Waals surface area contributed by atoms with Crippen LogP contribution in [0.5, 0.6) is 0 Å². The number of halogens is 3. The van der Waals surface area contributed by atoms with Gasteiger partial charge in [0.05, 0.1) is 6.04 Å². The third kappa shape index (κ3) is 2.13. The van der Waals surface area contributed by atoms with Gasteiger partial charge in [0.1, 0.15) is 6.61 Å². The normalized spacial score (nSPS) is 27.3. The van der Waals surface area contributed by atoms with E-state index in [1.54, 1.807) is 0 Å². The summed E-state index contributed by atoms with van der Waals surface area (Å²) in [7, 11) is 0. The van der Waals surface area contributed by atoms with Gasteiger partial charge in [-0.2, -0.15) is 13.2 Å². The Hall–Kier alpha value is -1.31. The quantitative estimate of drug-likeness (QED) is 0.585. The lowest BCUT2D eigenvalue weighted by Gasteiger charge is -2.13. The Morgan fingerprint density at radius 1 is 1.57 bits per heavy atom. The van der Waals surface area contributed by atoms with E-state index >= 15 is 0 Å². The van der Waals surface area contributed by atoms with Gasteiger partial charge in [0.25, 0.3) is 0 Å². The van der Waals surface area contributed by atoms with Crippen LogP contribution in [0.3, 0.4) is 0 Å². The zero-order valence-electron chi connectivity index (χ0n) is 6.71. The Bertz CT molecular complexity index is 264. The van der Waals surface area contributed by atoms with E-state index in [2.05, 4.69) is 9.47 Å². The lowest BCUT2D eigenvalue weighted by molar-refractivity contribution is -0.205. The van der Waals surface area contributed by atoms with Crippen LogP contribution in [0.15, 0.2) is 0 Å². The van der Waals surface area contributed by atoms with E-state index in [1.165, 1.54) is 0 Å². The molecule has 0 radical (unpaired) electrons. The molecule has 2 N–H and O–H groups in total. The Labute approximate surface area is 75.9 Å². The molecule has 0 aromatic carbocycles. The molecule has 0 bridgehead atoms. The minimum absolute atomic E-state index is 0.255. The molecular weight excluding hydrogens is 207 g/mol. The first kappa shape index (κ1) is 10.8. The maximum absolute atomic E-state index is 11.7. The number of carbonyl (C=O) groups is 2. The van der Waals surface area contributed by atoms with E-state index in [0.717, 1.165) is 0 Å². The number of ether oxygens (including phenoxy) is 2. The van der Waals surface area contributed by atoms with E-state index in [4.69, 9.17) is 5.73 Å². The summed E-state index contributed by atoms with van der Waals surface area (Å²) in [5.41, 5.74) is 5.17. The monoisotopic (exact) mass is 213 g/mol. The van der Waals surface area contributed by atoms with Gasteiger partial charge in [-0.3, -0.25) is 0 Å². The maximum atomic E-state index is 11.7. The first-order chi connectivity index (χ1) is 6.32. The van der Waals surface area contributed by atoms with Gasteiger partial charge in [0.15, 0.2) is 0 Å². The lowest BCUT2D eigenvalue weighted by Crippen LogP contribution is -2.41. The van der Waals surface area contributed by atoms with E-state index < -0.39 is 30.3 Å². The molecule has 5 nitrogen and oxygen atoms in total. The van der Waals surface area contributed by atoms with Gasteiger partial charge in [0, 0.05) is 0 Å². The Morgan fingerprint density at radius 2 is 2.14 bits per heavy atom. The van der Waals surface area contributed by atoms with Crippen molar-refractivity contribution in [2.45, 2.75) is 18.3 Å². The fourth-order valence-electron chi connectivity index (χ4n) is 0.840. The van der Waals surface area contributed by atoms with Crippen LogP contribution in [0.4, 0.5) is 13.2 Å². The second-order valence-electron chi connectivity index (χ2n) is 2.62. The minimum Gasteiger partial charge on any atom is -0.461 e. The molecule has 2 atom stereocenters. The Balaban J connectivity index is 2.60. The van der Waals surface area contributed by atoms with Crippen molar-refractivity contribution in [3.05, 3.63) is 0 Å². The Morgan fingerprint density at radius 3 is 2.50 bits per heavy atom. The van der Waals surface area contributed by atoms with Crippen molar-refractivity contribution in [1.82, 2.24) is 0 Å². The van der Waals surface area contributed by atoms with Crippen molar-refractivity contribution in [2.75, 3.05) is 6.61 Å². The van der Waals surface area contributed by atoms with Crippen molar-refractivity contribution in [1.29, 1.82) is 0 Å². The molecule has 0 aromatic rings. The first-order valence-corrected chi connectivity index (χ1v) is 3.52. The van der Waals surface area contributed by atoms with Crippen LogP contribution in [-0.2, 0) is 19.1 Å². The molecule has 2 unspecified atom stereocenters. The summed E-state index contributed by atoms with van der Waals surface area (Å²) in [6, 6.07) is -1.05. The topological polar surface area (TPSA) is 78.6 Å². The molecule has 1 heterocycles. The second kappa shape index (κ2) is 3.45. The number of hydrogen-bond donors (Lipinski definition) is 1. The number of cyclic esters (lactones) is 1. The molecular formula is C6H6F3NO4. The summed E-state index contributed by atoms with van der Waals surface area (Å²) >= 11 is 0. The highest BCUT2D eigenvalue weighted by molar-refractivity contribution is 5.83. The van der Waals surface area contributed by atoms with Gasteiger partial charge < -0.3 is 15.2 Å². The summed E-state index contributed by atoms with van der Waals surface area (Å²) in [4.78, 5) is 21.0. The molecule has 8 heteroatoms. The smallest absolute Gasteiger partial charge is 0.461 e. The highest BCUT2D eigenvalue weighted by atomic mass is 19.4. The molecule has 0 saturated carbocycles. The van der Waals surface area contributed by atoms with Gasteiger partial charge in [-0.25, -0.2) is 9.59 Å². The third-order valence-electron chi connectivity index (χ3n) is 1.50. The summed E-state index contributed by atoms with van der Waals surface area (Å²) < 4.78 is 43.2. The summed E-state index contributed by atoms with van der Waals surface area (Å²) in [6.45, 7) is -0.255. The average molecular weight is 213 g/mol. The number of rotatable bonds is 1. The van der Waals surface area contributed by atoms with Gasteiger partial charge in [-0.05, 0) is 0 Å². The molecule has 80 valence electrons. The average Bonchev–Trinajstić information content (AvgIpc) is 2.34. The molecule has 1 fully saturated rings. The van der Waals surface area contributed by atoms with Crippen molar-refractivity contribution in [3.8, 4) is 0 Å². The molecule has 0 spiro atoms. The van der Waals surface area contributed by atoms with Crippen LogP contribution in [0.2, 0.25) is 0 Å². The standard InChI is InChI=1S/C6H6F3NO4/c7-6(8,9)5(12)14-3-2(10)1-13-4(3)11/h2-3H,1,10H2. The van der Waals surface area contributed by atoms with Crippen molar-refractivity contribution >= 4 is 11.9 Å². The molecule has 1 rings (SSSR count). The van der Waals surface area contributed by atoms with Gasteiger partial charge in [-0.15, -0.1) is 0 Å².